The third-order valence-electron chi connectivity index (χ3n) is 17.1. The molecule has 3 N–H and O–H groups in total. The monoisotopic (exact) mass is 1320 g/mol. The summed E-state index contributed by atoms with van der Waals surface area (Å²) in [6, 6.07) is 0. The Balaban J connectivity index is 5.26. The zero-order chi connectivity index (χ0) is 66.6. The Morgan fingerprint density at radius 1 is 0.322 bits per heavy atom. The lowest BCUT2D eigenvalue weighted by molar-refractivity contribution is -0.161. The molecule has 0 saturated heterocycles. The van der Waals surface area contributed by atoms with Gasteiger partial charge in [-0.1, -0.05) is 305 Å². The van der Waals surface area contributed by atoms with E-state index in [1.807, 2.05) is 0 Å². The average molecular weight is 1330 g/mol. The van der Waals surface area contributed by atoms with Crippen LogP contribution in [0.3, 0.4) is 0 Å². The third-order valence-corrected chi connectivity index (χ3v) is 19.0. The second kappa shape index (κ2) is 61.9. The molecule has 4 unspecified atom stereocenters. The fourth-order valence-corrected chi connectivity index (χ4v) is 12.2. The highest BCUT2D eigenvalue weighted by atomic mass is 31.2. The van der Waals surface area contributed by atoms with Crippen LogP contribution in [0.4, 0.5) is 0 Å². The maximum absolute atomic E-state index is 13.0. The summed E-state index contributed by atoms with van der Waals surface area (Å²) in [7, 11) is -9.90. The van der Waals surface area contributed by atoms with Gasteiger partial charge < -0.3 is 33.8 Å². The Kier molecular flexibility index (Phi) is 60.6. The van der Waals surface area contributed by atoms with E-state index >= 15 is 0 Å². The molecule has 0 rings (SSSR count). The van der Waals surface area contributed by atoms with E-state index in [-0.39, 0.29) is 25.7 Å². The number of unbranched alkanes of at least 4 members (excludes halogenated alkanes) is 35. The van der Waals surface area contributed by atoms with Gasteiger partial charge >= 0.3 is 39.5 Å². The van der Waals surface area contributed by atoms with Crippen LogP contribution in [0.5, 0.6) is 0 Å². The number of aliphatic hydroxyl groups is 1. The highest BCUT2D eigenvalue weighted by Crippen LogP contribution is 2.45. The number of phosphoric ester groups is 2. The summed E-state index contributed by atoms with van der Waals surface area (Å²) >= 11 is 0. The highest BCUT2D eigenvalue weighted by molar-refractivity contribution is 7.47. The van der Waals surface area contributed by atoms with E-state index < -0.39 is 97.5 Å². The maximum Gasteiger partial charge on any atom is 0.472 e. The summed E-state index contributed by atoms with van der Waals surface area (Å²) in [5.41, 5.74) is 0. The minimum absolute atomic E-state index is 0.105. The molecule has 17 nitrogen and oxygen atoms in total. The van der Waals surface area contributed by atoms with Gasteiger partial charge in [-0.05, 0) is 43.4 Å². The van der Waals surface area contributed by atoms with Gasteiger partial charge in [0.15, 0.2) is 12.2 Å². The zero-order valence-corrected chi connectivity index (χ0v) is 60.4. The molecule has 534 valence electrons. The lowest BCUT2D eigenvalue weighted by Gasteiger charge is -2.21. The molecule has 90 heavy (non-hydrogen) atoms. The van der Waals surface area contributed by atoms with Gasteiger partial charge in [0, 0.05) is 25.7 Å². The first-order valence-electron chi connectivity index (χ1n) is 36.9. The van der Waals surface area contributed by atoms with Crippen LogP contribution in [0, 0.1) is 17.8 Å². The maximum atomic E-state index is 13.0. The first-order valence-corrected chi connectivity index (χ1v) is 39.9. The van der Waals surface area contributed by atoms with Crippen molar-refractivity contribution in [2.24, 2.45) is 17.8 Å². The predicted molar refractivity (Wildman–Crippen MR) is 363 cm³/mol. The second-order valence-electron chi connectivity index (χ2n) is 26.6. The van der Waals surface area contributed by atoms with Gasteiger partial charge in [-0.25, -0.2) is 9.13 Å². The predicted octanol–water partition coefficient (Wildman–Crippen LogP) is 20.2. The van der Waals surface area contributed by atoms with Crippen LogP contribution in [0.2, 0.25) is 0 Å². The molecule has 0 radical (unpaired) electrons. The number of phosphoric acid groups is 2. The Labute approximate surface area is 549 Å². The third kappa shape index (κ3) is 62.2. The number of aliphatic hydroxyl groups excluding tert-OH is 1. The number of carbonyl (C=O) groups excluding carboxylic acids is 4. The molecule has 0 aromatic rings. The largest absolute Gasteiger partial charge is 0.472 e. The van der Waals surface area contributed by atoms with Crippen molar-refractivity contribution in [3.63, 3.8) is 0 Å². The molecule has 0 aliphatic rings. The molecular formula is C71H138O17P2. The number of hydrogen-bond acceptors (Lipinski definition) is 15. The molecule has 0 amide bonds. The van der Waals surface area contributed by atoms with Crippen molar-refractivity contribution in [3.8, 4) is 0 Å². The molecule has 0 aromatic carbocycles. The lowest BCUT2D eigenvalue weighted by atomic mass is 9.99. The minimum Gasteiger partial charge on any atom is -0.462 e. The topological polar surface area (TPSA) is 237 Å². The van der Waals surface area contributed by atoms with E-state index in [4.69, 9.17) is 37.0 Å². The van der Waals surface area contributed by atoms with Gasteiger partial charge in [0.25, 0.3) is 0 Å². The van der Waals surface area contributed by atoms with Crippen molar-refractivity contribution >= 4 is 39.5 Å². The summed E-state index contributed by atoms with van der Waals surface area (Å²) in [6.45, 7) is 11.9. The molecule has 0 fully saturated rings. The van der Waals surface area contributed by atoms with E-state index in [0.29, 0.717) is 25.7 Å². The van der Waals surface area contributed by atoms with Crippen LogP contribution in [-0.4, -0.2) is 96.7 Å². The minimum atomic E-state index is -4.95. The van der Waals surface area contributed by atoms with Crippen molar-refractivity contribution in [1.29, 1.82) is 0 Å². The van der Waals surface area contributed by atoms with Crippen LogP contribution in [0.15, 0.2) is 0 Å². The van der Waals surface area contributed by atoms with Gasteiger partial charge in [0.2, 0.25) is 0 Å². The number of hydrogen-bond donors (Lipinski definition) is 3. The molecular weight excluding hydrogens is 1190 g/mol. The Morgan fingerprint density at radius 2 is 0.567 bits per heavy atom. The molecule has 0 heterocycles. The first-order chi connectivity index (χ1) is 43.3. The van der Waals surface area contributed by atoms with E-state index in [9.17, 15) is 43.2 Å². The Morgan fingerprint density at radius 3 is 0.844 bits per heavy atom. The van der Waals surface area contributed by atoms with Gasteiger partial charge in [-0.3, -0.25) is 37.3 Å². The summed E-state index contributed by atoms with van der Waals surface area (Å²) in [6.07, 6.45) is 45.6. The van der Waals surface area contributed by atoms with Crippen LogP contribution >= 0.6 is 15.6 Å². The molecule has 0 aliphatic carbocycles. The fourth-order valence-electron chi connectivity index (χ4n) is 10.7. The van der Waals surface area contributed by atoms with Crippen LogP contribution in [-0.2, 0) is 65.4 Å². The summed E-state index contributed by atoms with van der Waals surface area (Å²) < 4.78 is 68.3. The van der Waals surface area contributed by atoms with Crippen molar-refractivity contribution in [3.05, 3.63) is 0 Å². The first kappa shape index (κ1) is 88.1. The molecule has 0 aliphatic heterocycles. The van der Waals surface area contributed by atoms with E-state index in [2.05, 4.69) is 48.5 Å². The number of ether oxygens (including phenoxy) is 4. The van der Waals surface area contributed by atoms with Crippen LogP contribution in [0.1, 0.15) is 357 Å². The molecule has 0 bridgehead atoms. The van der Waals surface area contributed by atoms with E-state index in [1.165, 1.54) is 167 Å². The SMILES string of the molecule is CCCCCCCCCCCC(=O)OC[C@H](COP(=O)(O)OC[C@H](O)COP(=O)(O)OC[C@@H](COC(=O)CCCCCCCCCCCCC(C)CC)OC(=O)CCCCCCCCCCCCCCC(C)C)OC(=O)CCCCCCCCCCC(C)CC. The molecule has 19 heteroatoms. The Bertz CT molecular complexity index is 1770. The number of rotatable bonds is 69. The normalized spacial score (nSPS) is 14.8. The fraction of sp³-hybridized carbons (Fsp3) is 0.944. The molecule has 0 saturated carbocycles. The number of esters is 4. The quantitative estimate of drug-likeness (QED) is 0.0222. The van der Waals surface area contributed by atoms with Crippen LogP contribution in [0.25, 0.3) is 0 Å². The lowest BCUT2D eigenvalue weighted by Crippen LogP contribution is -2.30. The zero-order valence-electron chi connectivity index (χ0n) is 58.6. The molecule has 7 atom stereocenters. The second-order valence-corrected chi connectivity index (χ2v) is 29.5. The van der Waals surface area contributed by atoms with E-state index in [1.54, 1.807) is 0 Å². The Hall–Kier alpha value is -1.94. The number of carbonyl (C=O) groups is 4. The van der Waals surface area contributed by atoms with Crippen molar-refractivity contribution < 1.29 is 80.2 Å². The smallest absolute Gasteiger partial charge is 0.462 e. The molecule has 0 aromatic heterocycles. The molecule has 0 spiro atoms. The van der Waals surface area contributed by atoms with Crippen LogP contribution < -0.4 is 0 Å². The van der Waals surface area contributed by atoms with Gasteiger partial charge in [0.1, 0.15) is 19.3 Å². The summed E-state index contributed by atoms with van der Waals surface area (Å²) in [5.74, 6) is 0.230. The van der Waals surface area contributed by atoms with Crippen molar-refractivity contribution in [2.45, 2.75) is 375 Å². The van der Waals surface area contributed by atoms with E-state index in [0.717, 1.165) is 108 Å². The van der Waals surface area contributed by atoms with Crippen molar-refractivity contribution in [2.75, 3.05) is 39.6 Å². The summed E-state index contributed by atoms with van der Waals surface area (Å²) in [4.78, 5) is 72.6. The van der Waals surface area contributed by atoms with Crippen molar-refractivity contribution in [1.82, 2.24) is 0 Å². The van der Waals surface area contributed by atoms with Gasteiger partial charge in [0.05, 0.1) is 26.4 Å². The average Bonchev–Trinajstić information content (AvgIpc) is 3.50. The van der Waals surface area contributed by atoms with Gasteiger partial charge in [-0.2, -0.15) is 0 Å². The summed E-state index contributed by atoms with van der Waals surface area (Å²) in [5, 5.41) is 10.6. The van der Waals surface area contributed by atoms with Gasteiger partial charge in [-0.15, -0.1) is 0 Å². The standard InChI is InChI=1S/C71H138O17P2/c1-8-11-12-13-14-21-31-38-45-52-68(73)81-58-67(88-71(76)55-48-41-34-27-26-30-37-44-51-64(7)10-3)61-86-90(79,80)84-57-65(72)56-83-89(77,78)85-60-66(59-82-69(74)53-46-39-32-24-20-19-23-29-36-43-50-63(6)9-2)87-70(75)54-47-40-33-25-18-16-15-17-22-28-35-42-49-62(4)5/h62-67,72H,8-61H2,1-7H3,(H,77,78)(H,79,80)/t63?,64?,65-,66-,67-/m1/s1. The highest BCUT2D eigenvalue weighted by Gasteiger charge is 2.30.